The van der Waals surface area contributed by atoms with Crippen molar-refractivity contribution in [2.75, 3.05) is 17.7 Å². The van der Waals surface area contributed by atoms with Crippen molar-refractivity contribution in [3.05, 3.63) is 59.5 Å². The zero-order chi connectivity index (χ0) is 18.5. The van der Waals surface area contributed by atoms with Crippen molar-refractivity contribution < 1.29 is 4.79 Å². The van der Waals surface area contributed by atoms with Crippen LogP contribution in [0.1, 0.15) is 11.6 Å². The Kier molecular flexibility index (Phi) is 5.33. The Morgan fingerprint density at radius 2 is 2.00 bits per heavy atom. The van der Waals surface area contributed by atoms with Gasteiger partial charge >= 0.3 is 0 Å². The topological polar surface area (TPSA) is 96.8 Å². The zero-order valence-corrected chi connectivity index (χ0v) is 15.0. The maximum atomic E-state index is 12.3. The summed E-state index contributed by atoms with van der Waals surface area (Å²) in [6, 6.07) is 8.69. The van der Waals surface area contributed by atoms with Crippen LogP contribution in [0, 0.1) is 0 Å². The molecular weight excluding hydrogens is 354 g/mol. The van der Waals surface area contributed by atoms with E-state index in [0.29, 0.717) is 16.8 Å². The van der Waals surface area contributed by atoms with Crippen LogP contribution in [-0.2, 0) is 11.8 Å². The monoisotopic (exact) mass is 371 g/mol. The molecule has 0 bridgehead atoms. The molecule has 0 aliphatic rings. The average molecular weight is 372 g/mol. The maximum absolute atomic E-state index is 12.3. The number of nitrogens with one attached hydrogen (secondary N) is 3. The summed E-state index contributed by atoms with van der Waals surface area (Å²) in [5.41, 5.74) is 1.54. The van der Waals surface area contributed by atoms with Crippen LogP contribution in [0.15, 0.2) is 48.9 Å². The number of anilines is 3. The Hall–Kier alpha value is -3.13. The lowest BCUT2D eigenvalue weighted by Crippen LogP contribution is -2.31. The summed E-state index contributed by atoms with van der Waals surface area (Å²) >= 11 is 6.22. The average Bonchev–Trinajstić information content (AvgIpc) is 3.07. The van der Waals surface area contributed by atoms with Crippen molar-refractivity contribution in [2.24, 2.45) is 7.05 Å². The SMILES string of the molecule is CNC(=O)C(Nc1nc(Nc2cnn(C)c2)ncc1Cl)c1ccccc1. The quantitative estimate of drug-likeness (QED) is 0.616. The highest BCUT2D eigenvalue weighted by molar-refractivity contribution is 6.32. The van der Waals surface area contributed by atoms with Crippen molar-refractivity contribution in [1.82, 2.24) is 25.1 Å². The lowest BCUT2D eigenvalue weighted by Gasteiger charge is -2.19. The molecule has 26 heavy (non-hydrogen) atoms. The summed E-state index contributed by atoms with van der Waals surface area (Å²) in [4.78, 5) is 20.9. The lowest BCUT2D eigenvalue weighted by atomic mass is 10.1. The van der Waals surface area contributed by atoms with Gasteiger partial charge in [0.05, 0.1) is 18.1 Å². The Labute approximate surface area is 155 Å². The van der Waals surface area contributed by atoms with Crippen molar-refractivity contribution in [3.63, 3.8) is 0 Å². The van der Waals surface area contributed by atoms with Crippen LogP contribution in [0.5, 0.6) is 0 Å². The van der Waals surface area contributed by atoms with E-state index in [1.165, 1.54) is 6.20 Å². The van der Waals surface area contributed by atoms with Crippen molar-refractivity contribution >= 4 is 35.0 Å². The number of carbonyl (C=O) groups is 1. The van der Waals surface area contributed by atoms with Gasteiger partial charge in [0.2, 0.25) is 11.9 Å². The van der Waals surface area contributed by atoms with Crippen molar-refractivity contribution in [1.29, 1.82) is 0 Å². The molecule has 1 unspecified atom stereocenters. The Balaban J connectivity index is 1.86. The van der Waals surface area contributed by atoms with Gasteiger partial charge in [-0.15, -0.1) is 0 Å². The Morgan fingerprint density at radius 3 is 2.65 bits per heavy atom. The standard InChI is InChI=1S/C17H18ClN7O/c1-19-16(26)14(11-6-4-3-5-7-11)23-15-13(18)9-20-17(24-15)22-12-8-21-25(2)10-12/h3-10,14H,1-2H3,(H,19,26)(H2,20,22,23,24). The molecule has 1 atom stereocenters. The Bertz CT molecular complexity index is 897. The van der Waals surface area contributed by atoms with Crippen LogP contribution in [0.4, 0.5) is 17.5 Å². The first-order valence-corrected chi connectivity index (χ1v) is 8.26. The molecule has 0 fully saturated rings. The van der Waals surface area contributed by atoms with E-state index in [2.05, 4.69) is 31.0 Å². The molecule has 2 heterocycles. The minimum atomic E-state index is -0.639. The third-order valence-electron chi connectivity index (χ3n) is 3.63. The smallest absolute Gasteiger partial charge is 0.246 e. The first-order chi connectivity index (χ1) is 12.6. The number of aromatic nitrogens is 4. The van der Waals surface area contributed by atoms with Crippen molar-refractivity contribution in [2.45, 2.75) is 6.04 Å². The van der Waals surface area contributed by atoms with Gasteiger partial charge in [0.15, 0.2) is 5.82 Å². The highest BCUT2D eigenvalue weighted by Crippen LogP contribution is 2.26. The van der Waals surface area contributed by atoms with E-state index >= 15 is 0 Å². The third-order valence-corrected chi connectivity index (χ3v) is 3.90. The molecule has 0 aliphatic carbocycles. The zero-order valence-electron chi connectivity index (χ0n) is 14.3. The van der Waals surface area contributed by atoms with Crippen LogP contribution in [-0.4, -0.2) is 32.7 Å². The van der Waals surface area contributed by atoms with E-state index in [1.807, 2.05) is 37.4 Å². The molecule has 2 aromatic heterocycles. The maximum Gasteiger partial charge on any atom is 0.246 e. The fourth-order valence-corrected chi connectivity index (χ4v) is 2.52. The van der Waals surface area contributed by atoms with Crippen LogP contribution >= 0.6 is 11.6 Å². The summed E-state index contributed by atoms with van der Waals surface area (Å²) in [6.45, 7) is 0. The number of nitrogens with zero attached hydrogens (tertiary/aromatic N) is 4. The molecule has 0 aliphatic heterocycles. The predicted octanol–water partition coefficient (Wildman–Crippen LogP) is 2.51. The number of benzene rings is 1. The number of carbonyl (C=O) groups excluding carboxylic acids is 1. The van der Waals surface area contributed by atoms with Gasteiger partial charge in [0.25, 0.3) is 0 Å². The molecule has 134 valence electrons. The van der Waals surface area contributed by atoms with Gasteiger partial charge in [0, 0.05) is 20.3 Å². The fraction of sp³-hybridized carbons (Fsp3) is 0.176. The number of amides is 1. The molecule has 8 nitrogen and oxygen atoms in total. The second-order valence-corrected chi connectivity index (χ2v) is 5.93. The van der Waals surface area contributed by atoms with E-state index in [9.17, 15) is 4.79 Å². The molecular formula is C17H18ClN7O. The van der Waals surface area contributed by atoms with Crippen molar-refractivity contribution in [3.8, 4) is 0 Å². The predicted molar refractivity (Wildman–Crippen MR) is 100 cm³/mol. The Morgan fingerprint density at radius 1 is 1.23 bits per heavy atom. The highest BCUT2D eigenvalue weighted by Gasteiger charge is 2.21. The first kappa shape index (κ1) is 17.7. The molecule has 0 saturated carbocycles. The fourth-order valence-electron chi connectivity index (χ4n) is 2.37. The minimum Gasteiger partial charge on any atom is -0.357 e. The highest BCUT2D eigenvalue weighted by atomic mass is 35.5. The molecule has 9 heteroatoms. The molecule has 0 spiro atoms. The van der Waals surface area contributed by atoms with Gasteiger partial charge < -0.3 is 16.0 Å². The van der Waals surface area contributed by atoms with Gasteiger partial charge in [-0.05, 0) is 5.56 Å². The number of likely N-dealkylation sites (N-methyl/N-ethyl adjacent to an activating group) is 1. The normalized spacial score (nSPS) is 11.7. The van der Waals surface area contributed by atoms with Gasteiger partial charge in [-0.3, -0.25) is 9.48 Å². The largest absolute Gasteiger partial charge is 0.357 e. The number of halogens is 1. The van der Waals surface area contributed by atoms with Crippen LogP contribution < -0.4 is 16.0 Å². The van der Waals surface area contributed by atoms with Gasteiger partial charge in [-0.2, -0.15) is 10.1 Å². The summed E-state index contributed by atoms with van der Waals surface area (Å²) in [6.07, 6.45) is 4.92. The second-order valence-electron chi connectivity index (χ2n) is 5.52. The summed E-state index contributed by atoms with van der Waals surface area (Å²) in [5, 5.41) is 13.2. The van der Waals surface area contributed by atoms with Gasteiger partial charge in [-0.25, -0.2) is 4.98 Å². The molecule has 1 aromatic carbocycles. The molecule has 3 N–H and O–H groups in total. The second kappa shape index (κ2) is 7.83. The molecule has 3 aromatic rings. The summed E-state index contributed by atoms with van der Waals surface area (Å²) in [7, 11) is 3.39. The van der Waals surface area contributed by atoms with Gasteiger partial charge in [0.1, 0.15) is 11.1 Å². The number of aryl methyl sites for hydroxylation is 1. The third kappa shape index (κ3) is 4.09. The lowest BCUT2D eigenvalue weighted by molar-refractivity contribution is -0.121. The van der Waals surface area contributed by atoms with Gasteiger partial charge in [-0.1, -0.05) is 41.9 Å². The first-order valence-electron chi connectivity index (χ1n) is 7.88. The number of rotatable bonds is 6. The molecule has 1 amide bonds. The molecule has 3 rings (SSSR count). The van der Waals surface area contributed by atoms with E-state index in [4.69, 9.17) is 11.6 Å². The summed E-state index contributed by atoms with van der Waals surface area (Å²) in [5.74, 6) is 0.492. The van der Waals surface area contributed by atoms with Crippen LogP contribution in [0.3, 0.4) is 0 Å². The van der Waals surface area contributed by atoms with E-state index < -0.39 is 6.04 Å². The van der Waals surface area contributed by atoms with E-state index in [1.54, 1.807) is 24.1 Å². The van der Waals surface area contributed by atoms with E-state index in [0.717, 1.165) is 11.3 Å². The van der Waals surface area contributed by atoms with Crippen LogP contribution in [0.25, 0.3) is 0 Å². The number of hydrogen-bond acceptors (Lipinski definition) is 6. The summed E-state index contributed by atoms with van der Waals surface area (Å²) < 4.78 is 1.66. The van der Waals surface area contributed by atoms with Crippen LogP contribution in [0.2, 0.25) is 5.02 Å². The molecule has 0 saturated heterocycles. The number of hydrogen-bond donors (Lipinski definition) is 3. The van der Waals surface area contributed by atoms with E-state index in [-0.39, 0.29) is 5.91 Å². The minimum absolute atomic E-state index is 0.201. The molecule has 0 radical (unpaired) electrons.